The number of aromatic nitrogens is 2. The predicted molar refractivity (Wildman–Crippen MR) is 96.2 cm³/mol. The Hall–Kier alpha value is -3.23. The van der Waals surface area contributed by atoms with Gasteiger partial charge in [-0.3, -0.25) is 18.7 Å². The van der Waals surface area contributed by atoms with Gasteiger partial charge in [0.25, 0.3) is 5.56 Å². The van der Waals surface area contributed by atoms with Crippen molar-refractivity contribution in [2.24, 2.45) is 13.0 Å². The molecule has 2 rings (SSSR count). The Morgan fingerprint density at radius 3 is 2.52 bits per heavy atom. The molecule has 2 N–H and O–H groups in total. The Kier molecular flexibility index (Phi) is 5.94. The molecule has 1 aromatic carbocycles. The zero-order chi connectivity index (χ0) is 20.3. The van der Waals surface area contributed by atoms with Gasteiger partial charge in [0.05, 0.1) is 5.56 Å². The van der Waals surface area contributed by atoms with Crippen LogP contribution in [0.3, 0.4) is 0 Å². The van der Waals surface area contributed by atoms with Crippen molar-refractivity contribution in [1.82, 2.24) is 9.13 Å². The van der Waals surface area contributed by atoms with Crippen LogP contribution in [0.4, 0.5) is 10.2 Å². The average Bonchev–Trinajstić information content (AvgIpc) is 2.61. The highest BCUT2D eigenvalue weighted by Gasteiger charge is 2.23. The van der Waals surface area contributed by atoms with Crippen LogP contribution in [0.15, 0.2) is 33.9 Å². The van der Waals surface area contributed by atoms with Gasteiger partial charge < -0.3 is 10.5 Å². The van der Waals surface area contributed by atoms with Gasteiger partial charge in [-0.25, -0.2) is 14.0 Å². The van der Waals surface area contributed by atoms with Gasteiger partial charge in [0.15, 0.2) is 6.61 Å². The van der Waals surface area contributed by atoms with Crippen molar-refractivity contribution in [3.63, 3.8) is 0 Å². The molecule has 0 saturated heterocycles. The number of nitrogen functional groups attached to an aromatic ring is 1. The summed E-state index contributed by atoms with van der Waals surface area (Å²) in [7, 11) is 1.23. The van der Waals surface area contributed by atoms with Gasteiger partial charge in [0, 0.05) is 13.6 Å². The van der Waals surface area contributed by atoms with E-state index in [1.165, 1.54) is 19.2 Å². The number of carbonyl (C=O) groups excluding carboxylic acids is 2. The van der Waals surface area contributed by atoms with Crippen LogP contribution in [0.25, 0.3) is 0 Å². The summed E-state index contributed by atoms with van der Waals surface area (Å²) in [5, 5.41) is 0. The molecule has 0 atom stereocenters. The maximum Gasteiger partial charge on any atom is 0.338 e. The second-order valence-corrected chi connectivity index (χ2v) is 6.42. The smallest absolute Gasteiger partial charge is 0.338 e. The third kappa shape index (κ3) is 4.30. The number of hydrogen-bond donors (Lipinski definition) is 1. The van der Waals surface area contributed by atoms with Crippen molar-refractivity contribution in [1.29, 1.82) is 0 Å². The minimum Gasteiger partial charge on any atom is -0.454 e. The minimum absolute atomic E-state index is 0.0382. The summed E-state index contributed by atoms with van der Waals surface area (Å²) >= 11 is 0. The maximum absolute atomic E-state index is 13.2. The quantitative estimate of drug-likeness (QED) is 0.593. The molecule has 27 heavy (non-hydrogen) atoms. The normalized spacial score (nSPS) is 10.9. The number of carbonyl (C=O) groups is 2. The zero-order valence-corrected chi connectivity index (χ0v) is 15.2. The topological polar surface area (TPSA) is 113 Å². The first-order valence-electron chi connectivity index (χ1n) is 8.18. The monoisotopic (exact) mass is 377 g/mol. The van der Waals surface area contributed by atoms with E-state index in [0.29, 0.717) is 0 Å². The van der Waals surface area contributed by atoms with Gasteiger partial charge >= 0.3 is 11.7 Å². The second-order valence-electron chi connectivity index (χ2n) is 6.42. The van der Waals surface area contributed by atoms with E-state index in [-0.39, 0.29) is 23.8 Å². The fraction of sp³-hybridized carbons (Fsp3) is 0.333. The molecule has 0 aliphatic carbocycles. The summed E-state index contributed by atoms with van der Waals surface area (Å²) in [6.07, 6.45) is 0. The number of Topliss-reactive ketones (excluding diaryl/α,β-unsaturated/α-hetero) is 1. The molecule has 0 aliphatic rings. The zero-order valence-electron chi connectivity index (χ0n) is 15.2. The first-order valence-corrected chi connectivity index (χ1v) is 8.18. The summed E-state index contributed by atoms with van der Waals surface area (Å²) in [5.74, 6) is -2.64. The number of nitrogens with zero attached hydrogens (tertiary/aromatic N) is 2. The lowest BCUT2D eigenvalue weighted by atomic mass is 10.1. The predicted octanol–water partition coefficient (Wildman–Crippen LogP) is 0.964. The summed E-state index contributed by atoms with van der Waals surface area (Å²) in [6.45, 7) is 3.13. The highest BCUT2D eigenvalue weighted by molar-refractivity contribution is 6.02. The summed E-state index contributed by atoms with van der Waals surface area (Å²) in [6, 6.07) is 4.77. The highest BCUT2D eigenvalue weighted by atomic mass is 19.1. The molecule has 8 nitrogen and oxygen atoms in total. The lowest BCUT2D eigenvalue weighted by Gasteiger charge is -2.16. The molecule has 144 valence electrons. The first-order chi connectivity index (χ1) is 12.6. The summed E-state index contributed by atoms with van der Waals surface area (Å²) < 4.78 is 19.9. The number of ether oxygens (including phenoxy) is 1. The highest BCUT2D eigenvalue weighted by Crippen LogP contribution is 2.10. The molecule has 0 fully saturated rings. The number of benzene rings is 1. The van der Waals surface area contributed by atoms with E-state index in [2.05, 4.69) is 0 Å². The van der Waals surface area contributed by atoms with Gasteiger partial charge in [0.1, 0.15) is 17.2 Å². The van der Waals surface area contributed by atoms with Crippen LogP contribution in [0.2, 0.25) is 0 Å². The number of rotatable bonds is 6. The van der Waals surface area contributed by atoms with Gasteiger partial charge in [-0.15, -0.1) is 0 Å². The van der Waals surface area contributed by atoms with Crippen molar-refractivity contribution >= 4 is 17.6 Å². The molecule has 1 aromatic heterocycles. The molecular weight excluding hydrogens is 357 g/mol. The van der Waals surface area contributed by atoms with E-state index in [4.69, 9.17) is 10.5 Å². The molecule has 0 aliphatic heterocycles. The molecule has 0 radical (unpaired) electrons. The third-order valence-corrected chi connectivity index (χ3v) is 3.80. The van der Waals surface area contributed by atoms with E-state index in [0.717, 1.165) is 21.3 Å². The molecule has 9 heteroatoms. The van der Waals surface area contributed by atoms with Crippen molar-refractivity contribution in [2.75, 3.05) is 12.3 Å². The molecule has 0 bridgehead atoms. The number of ketones is 1. The molecule has 0 spiro atoms. The lowest BCUT2D eigenvalue weighted by Crippen LogP contribution is -2.43. The van der Waals surface area contributed by atoms with Crippen molar-refractivity contribution in [3.8, 4) is 0 Å². The Morgan fingerprint density at radius 2 is 1.93 bits per heavy atom. The molecule has 2 aromatic rings. The number of hydrogen-bond acceptors (Lipinski definition) is 6. The fourth-order valence-electron chi connectivity index (χ4n) is 2.49. The Labute approximate surface area is 154 Å². The number of anilines is 1. The lowest BCUT2D eigenvalue weighted by molar-refractivity contribution is 0.0473. The van der Waals surface area contributed by atoms with E-state index < -0.39 is 41.0 Å². The summed E-state index contributed by atoms with van der Waals surface area (Å²) in [4.78, 5) is 48.9. The van der Waals surface area contributed by atoms with Gasteiger partial charge in [-0.05, 0) is 24.1 Å². The third-order valence-electron chi connectivity index (χ3n) is 3.80. The molecule has 0 unspecified atom stereocenters. The molecule has 0 saturated carbocycles. The molecular formula is C18H20FN3O5. The minimum atomic E-state index is -0.922. The molecule has 1 heterocycles. The Bertz CT molecular complexity index is 1010. The van der Waals surface area contributed by atoms with Crippen LogP contribution in [0, 0.1) is 11.7 Å². The standard InChI is InChI=1S/C18H20FN3O5/c1-10(2)8-22-15(20)14(16(24)21(3)18(22)26)13(23)9-27-17(25)11-5-4-6-12(19)7-11/h4-7,10H,8-9,20H2,1-3H3. The maximum atomic E-state index is 13.2. The Morgan fingerprint density at radius 1 is 1.26 bits per heavy atom. The number of esters is 1. The fourth-order valence-corrected chi connectivity index (χ4v) is 2.49. The van der Waals surface area contributed by atoms with Gasteiger partial charge in [-0.2, -0.15) is 0 Å². The second kappa shape index (κ2) is 7.98. The number of halogens is 1. The van der Waals surface area contributed by atoms with E-state index in [9.17, 15) is 23.6 Å². The first kappa shape index (κ1) is 20.1. The largest absolute Gasteiger partial charge is 0.454 e. The molecule has 0 amide bonds. The SMILES string of the molecule is CC(C)Cn1c(N)c(C(=O)COC(=O)c2cccc(F)c2)c(=O)n(C)c1=O. The van der Waals surface area contributed by atoms with Crippen molar-refractivity contribution < 1.29 is 18.7 Å². The van der Waals surface area contributed by atoms with Crippen LogP contribution in [0.5, 0.6) is 0 Å². The average molecular weight is 377 g/mol. The summed E-state index contributed by atoms with van der Waals surface area (Å²) in [5.41, 5.74) is 3.87. The van der Waals surface area contributed by atoms with Crippen LogP contribution >= 0.6 is 0 Å². The van der Waals surface area contributed by atoms with Crippen molar-refractivity contribution in [3.05, 3.63) is 62.0 Å². The van der Waals surface area contributed by atoms with Crippen LogP contribution in [-0.2, 0) is 18.3 Å². The van der Waals surface area contributed by atoms with Crippen LogP contribution in [-0.4, -0.2) is 27.5 Å². The van der Waals surface area contributed by atoms with E-state index in [1.54, 1.807) is 0 Å². The Balaban J connectivity index is 2.31. The van der Waals surface area contributed by atoms with Gasteiger partial charge in [-0.1, -0.05) is 19.9 Å². The van der Waals surface area contributed by atoms with Crippen LogP contribution in [0.1, 0.15) is 34.6 Å². The van der Waals surface area contributed by atoms with E-state index in [1.807, 2.05) is 13.8 Å². The van der Waals surface area contributed by atoms with Crippen LogP contribution < -0.4 is 17.0 Å². The number of nitrogens with two attached hydrogens (primary N) is 1. The van der Waals surface area contributed by atoms with Crippen molar-refractivity contribution in [2.45, 2.75) is 20.4 Å². The van der Waals surface area contributed by atoms with Gasteiger partial charge in [0.2, 0.25) is 5.78 Å². The van der Waals surface area contributed by atoms with E-state index >= 15 is 0 Å².